The molecule has 17 heteroatoms. The second kappa shape index (κ2) is 16.7. The molecule has 23 heavy (non-hydrogen) atoms. The molecule has 136 valence electrons. The van der Waals surface area contributed by atoms with Crippen LogP contribution in [0.3, 0.4) is 0 Å². The molecule has 0 aliphatic rings. The maximum absolute atomic E-state index is 8.52. The first-order chi connectivity index (χ1) is 9.00. The predicted molar refractivity (Wildman–Crippen MR) is 57.9 cm³/mol. The molecule has 0 bridgehead atoms. The van der Waals surface area contributed by atoms with Gasteiger partial charge in [0.05, 0.1) is 0 Å². The summed E-state index contributed by atoms with van der Waals surface area (Å²) in [7, 11) is -15.5. The van der Waals surface area contributed by atoms with Crippen molar-refractivity contribution < 1.29 is 86.7 Å². The molecule has 0 heterocycles. The van der Waals surface area contributed by atoms with Crippen LogP contribution in [0.15, 0.2) is 36.4 Å². The van der Waals surface area contributed by atoms with Gasteiger partial charge in [0, 0.05) is 31.2 Å². The van der Waals surface area contributed by atoms with Crippen LogP contribution >= 0.6 is 0 Å². The molecule has 0 saturated heterocycles. The zero-order chi connectivity index (χ0) is 17.7. The van der Waals surface area contributed by atoms with Crippen LogP contribution in [-0.4, -0.2) is 52.6 Å². The molecule has 1 aromatic carbocycles. The molecule has 0 aliphatic carbocycles. The first kappa shape index (κ1) is 34.3. The number of hydrogen-bond acceptors (Lipinski definition) is 12. The molecular weight excluding hydrogens is 472 g/mol. The Bertz CT molecular complexity index is 532. The summed E-state index contributed by atoms with van der Waals surface area (Å²) >= 11 is 0. The summed E-state index contributed by atoms with van der Waals surface area (Å²) in [6.07, 6.45) is 0. The molecule has 0 amide bonds. The van der Waals surface area contributed by atoms with Gasteiger partial charge in [0.2, 0.25) is 0 Å². The zero-order valence-corrected chi connectivity index (χ0v) is 15.0. The van der Waals surface area contributed by atoms with Crippen LogP contribution in [0.5, 0.6) is 0 Å². The molecule has 0 saturated carbocycles. The van der Waals surface area contributed by atoms with Crippen molar-refractivity contribution in [1.82, 2.24) is 0 Å². The first-order valence-electron chi connectivity index (χ1n) is 4.00. The van der Waals surface area contributed by atoms with Crippen molar-refractivity contribution in [3.63, 3.8) is 0 Å². The molecule has 0 unspecified atom stereocenters. The Morgan fingerprint density at radius 1 is 0.391 bits per heavy atom. The van der Waals surface area contributed by atoms with Crippen molar-refractivity contribution in [3.05, 3.63) is 36.4 Å². The third kappa shape index (κ3) is 251. The van der Waals surface area contributed by atoms with E-state index in [1.165, 1.54) is 0 Å². The maximum Gasteiger partial charge on any atom is 3.00 e. The minimum Gasteiger partial charge on any atom is -0.759 e. The van der Waals surface area contributed by atoms with Crippen LogP contribution in [0.25, 0.3) is 0 Å². The zero-order valence-electron chi connectivity index (χ0n) is 10.3. The van der Waals surface area contributed by atoms with Gasteiger partial charge in [0.15, 0.2) is 0 Å². The SMILES string of the molecule is O=S(=O)([O-])[O-].O=S(=O)([O-])[O-].O=S(=O)([O-])[O-].[Fe+3].[Fe+3].c1ccccc1. The van der Waals surface area contributed by atoms with Gasteiger partial charge in [-0.3, -0.25) is 25.3 Å². The molecule has 0 aromatic heterocycles. The van der Waals surface area contributed by atoms with E-state index in [9.17, 15) is 0 Å². The standard InChI is InChI=1S/C6H6.2Fe.3H2O4S/c1-2-4-6-5-3-1;;;3*1-5(2,3)4/h1-6H;;;3*(H2,1,2,3,4)/q;2*+3;;;/p-6. The molecule has 0 atom stereocenters. The van der Waals surface area contributed by atoms with E-state index < -0.39 is 31.2 Å². The smallest absolute Gasteiger partial charge is 0.759 e. The number of rotatable bonds is 0. The summed E-state index contributed by atoms with van der Waals surface area (Å²) in [6.45, 7) is 0. The van der Waals surface area contributed by atoms with Gasteiger partial charge >= 0.3 is 34.1 Å². The van der Waals surface area contributed by atoms with Gasteiger partial charge in [-0.15, -0.1) is 0 Å². The number of hydrogen-bond donors (Lipinski definition) is 0. The van der Waals surface area contributed by atoms with Gasteiger partial charge in [-0.1, -0.05) is 36.4 Å². The van der Waals surface area contributed by atoms with Crippen LogP contribution in [-0.2, 0) is 65.3 Å². The Balaban J connectivity index is -0.0000000612. The van der Waals surface area contributed by atoms with E-state index in [-0.39, 0.29) is 34.1 Å². The summed E-state index contributed by atoms with van der Waals surface area (Å²) < 4.78 is 102. The predicted octanol–water partition coefficient (Wildman–Crippen LogP) is -2.33. The molecule has 0 aliphatic heterocycles. The molecule has 0 fully saturated rings. The molecule has 0 spiro atoms. The summed E-state index contributed by atoms with van der Waals surface area (Å²) in [6, 6.07) is 12.0. The van der Waals surface area contributed by atoms with Gasteiger partial charge in [-0.05, 0) is 0 Å². The van der Waals surface area contributed by atoms with Crippen molar-refractivity contribution in [2.24, 2.45) is 0 Å². The topological polar surface area (TPSA) is 241 Å². The van der Waals surface area contributed by atoms with Crippen LogP contribution < -0.4 is 0 Å². The number of benzene rings is 1. The van der Waals surface area contributed by atoms with E-state index in [4.69, 9.17) is 52.6 Å². The van der Waals surface area contributed by atoms with E-state index >= 15 is 0 Å². The van der Waals surface area contributed by atoms with Crippen molar-refractivity contribution in [3.8, 4) is 0 Å². The molecular formula is C6H6Fe2O12S3. The van der Waals surface area contributed by atoms with Crippen LogP contribution in [0.1, 0.15) is 0 Å². The van der Waals surface area contributed by atoms with Crippen molar-refractivity contribution >= 4 is 31.2 Å². The molecule has 0 N–H and O–H groups in total. The van der Waals surface area contributed by atoms with Gasteiger partial charge in [-0.2, -0.15) is 0 Å². The largest absolute Gasteiger partial charge is 3.00 e. The third-order valence-electron chi connectivity index (χ3n) is 0.667. The van der Waals surface area contributed by atoms with Gasteiger partial charge < -0.3 is 27.3 Å². The van der Waals surface area contributed by atoms with E-state index in [2.05, 4.69) is 0 Å². The average molecular weight is 478 g/mol. The Labute approximate surface area is 154 Å². The Hall–Kier alpha value is -0.131. The Kier molecular flexibility index (Phi) is 24.9. The second-order valence-electron chi connectivity index (χ2n) is 2.38. The monoisotopic (exact) mass is 478 g/mol. The van der Waals surface area contributed by atoms with Gasteiger partial charge in [-0.25, -0.2) is 0 Å². The van der Waals surface area contributed by atoms with Gasteiger partial charge in [0.1, 0.15) is 0 Å². The summed E-state index contributed by atoms with van der Waals surface area (Å²) in [5, 5.41) is 0. The van der Waals surface area contributed by atoms with E-state index in [1.807, 2.05) is 36.4 Å². The minimum absolute atomic E-state index is 0. The van der Waals surface area contributed by atoms with Crippen LogP contribution in [0.2, 0.25) is 0 Å². The van der Waals surface area contributed by atoms with Crippen molar-refractivity contribution in [2.75, 3.05) is 0 Å². The Morgan fingerprint density at radius 3 is 0.478 bits per heavy atom. The summed E-state index contributed by atoms with van der Waals surface area (Å²) in [5.74, 6) is 0. The van der Waals surface area contributed by atoms with E-state index in [0.717, 1.165) is 0 Å². The minimum atomic E-state index is -5.17. The fourth-order valence-electron chi connectivity index (χ4n) is 0.385. The molecule has 12 nitrogen and oxygen atoms in total. The van der Waals surface area contributed by atoms with E-state index in [0.29, 0.717) is 0 Å². The third-order valence-corrected chi connectivity index (χ3v) is 0.667. The van der Waals surface area contributed by atoms with Crippen molar-refractivity contribution in [2.45, 2.75) is 0 Å². The van der Waals surface area contributed by atoms with E-state index in [1.54, 1.807) is 0 Å². The average Bonchev–Trinajstić information content (AvgIpc) is 2.12. The molecule has 1 aromatic rings. The van der Waals surface area contributed by atoms with Gasteiger partial charge in [0.25, 0.3) is 0 Å². The quantitative estimate of drug-likeness (QED) is 0.217. The van der Waals surface area contributed by atoms with Crippen LogP contribution in [0.4, 0.5) is 0 Å². The normalized spacial score (nSPS) is 9.65. The molecule has 1 rings (SSSR count). The second-order valence-corrected chi connectivity index (χ2v) is 4.83. The van der Waals surface area contributed by atoms with Crippen molar-refractivity contribution in [1.29, 1.82) is 0 Å². The molecule has 2 radical (unpaired) electrons. The van der Waals surface area contributed by atoms with Crippen LogP contribution in [0, 0.1) is 0 Å². The Morgan fingerprint density at radius 2 is 0.435 bits per heavy atom. The fourth-order valence-corrected chi connectivity index (χ4v) is 0.385. The summed E-state index contributed by atoms with van der Waals surface area (Å²) in [5.41, 5.74) is 0. The maximum atomic E-state index is 8.52. The summed E-state index contributed by atoms with van der Waals surface area (Å²) in [4.78, 5) is 0. The first-order valence-corrected chi connectivity index (χ1v) is 8.00. The fraction of sp³-hybridized carbons (Fsp3) is 0.